The van der Waals surface area contributed by atoms with Crippen LogP contribution < -0.4 is 5.32 Å². The van der Waals surface area contributed by atoms with Crippen LogP contribution in [-0.4, -0.2) is 108 Å². The van der Waals surface area contributed by atoms with Crippen LogP contribution in [0.5, 0.6) is 0 Å². The van der Waals surface area contributed by atoms with Crippen LogP contribution in [0.3, 0.4) is 0 Å². The average Bonchev–Trinajstić information content (AvgIpc) is 3.24. The highest BCUT2D eigenvalue weighted by Crippen LogP contribution is 2.47. The van der Waals surface area contributed by atoms with E-state index in [1.54, 1.807) is 0 Å². The van der Waals surface area contributed by atoms with Gasteiger partial charge in [-0.25, -0.2) is 4.57 Å². The van der Waals surface area contributed by atoms with E-state index in [4.69, 9.17) is 9.05 Å². The molecule has 0 aromatic rings. The maximum absolute atomic E-state index is 12.8. The van der Waals surface area contributed by atoms with Gasteiger partial charge in [0.1, 0.15) is 36.6 Å². The quantitative estimate of drug-likeness (QED) is 0.0159. The number of unbranched alkanes of at least 4 members (excludes halogenated alkanes) is 24. The van der Waals surface area contributed by atoms with E-state index in [2.05, 4.69) is 36.5 Å². The molecule has 1 amide bonds. The molecule has 9 N–H and O–H groups in total. The minimum atomic E-state index is -5.09. The number of hydrogen-bond acceptors (Lipinski definition) is 11. The van der Waals surface area contributed by atoms with E-state index in [9.17, 15) is 50.0 Å². The topological polar surface area (TPSA) is 226 Å². The highest BCUT2D eigenvalue weighted by Gasteiger charge is 2.51. The van der Waals surface area contributed by atoms with Gasteiger partial charge in [-0.1, -0.05) is 186 Å². The molecule has 366 valence electrons. The first-order valence-electron chi connectivity index (χ1n) is 24.9. The minimum absolute atomic E-state index is 0.224. The van der Waals surface area contributed by atoms with Crippen molar-refractivity contribution < 1.29 is 59.0 Å². The molecular formula is C48H92NO12P. The van der Waals surface area contributed by atoms with Crippen LogP contribution in [0, 0.1) is 0 Å². The maximum atomic E-state index is 12.8. The molecule has 14 heteroatoms. The molecule has 1 aliphatic carbocycles. The minimum Gasteiger partial charge on any atom is -0.393 e. The van der Waals surface area contributed by atoms with Gasteiger partial charge in [-0.2, -0.15) is 0 Å². The molecule has 13 nitrogen and oxygen atoms in total. The predicted molar refractivity (Wildman–Crippen MR) is 247 cm³/mol. The summed E-state index contributed by atoms with van der Waals surface area (Å²) in [6, 6.07) is -1.15. The lowest BCUT2D eigenvalue weighted by atomic mass is 9.85. The van der Waals surface area contributed by atoms with E-state index in [-0.39, 0.29) is 12.8 Å². The predicted octanol–water partition coefficient (Wildman–Crippen LogP) is 8.76. The van der Waals surface area contributed by atoms with E-state index >= 15 is 0 Å². The van der Waals surface area contributed by atoms with Gasteiger partial charge < -0.3 is 46.0 Å². The summed E-state index contributed by atoms with van der Waals surface area (Å²) in [5.41, 5.74) is 0. The zero-order valence-corrected chi connectivity index (χ0v) is 39.7. The standard InChI is InChI=1S/C48H92NO12P/c1-3-5-7-8-9-10-11-12-13-14-15-16-17-18-19-20-21-22-23-24-25-26-27-28-29-30-31-32-34-35-39(50)37-42(52)49-40(41(51)36-33-6-4-2)38-60-62(58,59)61-48-46(56)44(54)43(53)45(55)47(48)57/h15-16,18-19,39-41,43-48,50-51,53-57H,3-14,17,20-38H2,1-2H3,(H,49,52)(H,58,59)/b16-15-,19-18-. The first kappa shape index (κ1) is 58.8. The molecule has 0 saturated heterocycles. The highest BCUT2D eigenvalue weighted by atomic mass is 31.2. The third-order valence-electron chi connectivity index (χ3n) is 12.1. The molecule has 1 saturated carbocycles. The zero-order chi connectivity index (χ0) is 45.9. The Hall–Kier alpha value is -1.22. The van der Waals surface area contributed by atoms with Crippen LogP contribution in [0.2, 0.25) is 0 Å². The van der Waals surface area contributed by atoms with Gasteiger partial charge in [0.15, 0.2) is 0 Å². The number of aliphatic hydroxyl groups is 7. The molecule has 0 aliphatic heterocycles. The van der Waals surface area contributed by atoms with Crippen molar-refractivity contribution in [2.75, 3.05) is 6.61 Å². The molecular weight excluding hydrogens is 813 g/mol. The molecule has 0 bridgehead atoms. The fourth-order valence-electron chi connectivity index (χ4n) is 7.98. The second-order valence-electron chi connectivity index (χ2n) is 17.9. The summed E-state index contributed by atoms with van der Waals surface area (Å²) in [6.45, 7) is 3.57. The summed E-state index contributed by atoms with van der Waals surface area (Å²) >= 11 is 0. The first-order chi connectivity index (χ1) is 29.8. The van der Waals surface area contributed by atoms with Gasteiger partial charge in [-0.05, 0) is 44.9 Å². The van der Waals surface area contributed by atoms with Crippen molar-refractivity contribution in [3.05, 3.63) is 24.3 Å². The number of carbonyl (C=O) groups is 1. The van der Waals surface area contributed by atoms with Crippen LogP contribution in [-0.2, 0) is 18.4 Å². The van der Waals surface area contributed by atoms with Crippen LogP contribution in [0.25, 0.3) is 0 Å². The van der Waals surface area contributed by atoms with Gasteiger partial charge in [0.05, 0.1) is 31.3 Å². The second-order valence-corrected chi connectivity index (χ2v) is 19.3. The Morgan fingerprint density at radius 3 is 1.42 bits per heavy atom. The van der Waals surface area contributed by atoms with Crippen LogP contribution in [0.1, 0.15) is 213 Å². The fourth-order valence-corrected chi connectivity index (χ4v) is 8.95. The van der Waals surface area contributed by atoms with E-state index in [0.29, 0.717) is 12.8 Å². The van der Waals surface area contributed by atoms with Gasteiger partial charge in [0.2, 0.25) is 5.91 Å². The molecule has 1 aliphatic rings. The van der Waals surface area contributed by atoms with Gasteiger partial charge >= 0.3 is 7.82 Å². The molecule has 1 fully saturated rings. The molecule has 0 heterocycles. The molecule has 0 radical (unpaired) electrons. The highest BCUT2D eigenvalue weighted by molar-refractivity contribution is 7.47. The number of rotatable bonds is 41. The Balaban J connectivity index is 2.13. The van der Waals surface area contributed by atoms with Crippen molar-refractivity contribution in [3.63, 3.8) is 0 Å². The molecule has 0 spiro atoms. The van der Waals surface area contributed by atoms with Crippen molar-refractivity contribution in [2.45, 2.75) is 268 Å². The largest absolute Gasteiger partial charge is 0.472 e. The van der Waals surface area contributed by atoms with Crippen molar-refractivity contribution in [1.29, 1.82) is 0 Å². The Morgan fingerprint density at radius 1 is 0.565 bits per heavy atom. The van der Waals surface area contributed by atoms with E-state index in [0.717, 1.165) is 44.9 Å². The summed E-state index contributed by atoms with van der Waals surface area (Å²) in [4.78, 5) is 23.2. The summed E-state index contributed by atoms with van der Waals surface area (Å²) in [7, 11) is -5.09. The molecule has 1 rings (SSSR count). The summed E-state index contributed by atoms with van der Waals surface area (Å²) in [5, 5.41) is 73.8. The molecule has 62 heavy (non-hydrogen) atoms. The van der Waals surface area contributed by atoms with Gasteiger partial charge in [-0.3, -0.25) is 13.8 Å². The Morgan fingerprint density at radius 2 is 0.952 bits per heavy atom. The summed E-state index contributed by atoms with van der Waals surface area (Å²) in [5.74, 6) is -0.571. The average molecular weight is 906 g/mol. The van der Waals surface area contributed by atoms with E-state index in [1.165, 1.54) is 128 Å². The van der Waals surface area contributed by atoms with Crippen LogP contribution in [0.15, 0.2) is 24.3 Å². The lowest BCUT2D eigenvalue weighted by molar-refractivity contribution is -0.220. The van der Waals surface area contributed by atoms with Crippen molar-refractivity contribution in [2.24, 2.45) is 0 Å². The Labute approximate surface area is 375 Å². The van der Waals surface area contributed by atoms with E-state index in [1.807, 2.05) is 6.92 Å². The lowest BCUT2D eigenvalue weighted by Crippen LogP contribution is -2.64. The number of carbonyl (C=O) groups excluding carboxylic acids is 1. The molecule has 0 aromatic carbocycles. The third kappa shape index (κ3) is 29.3. The molecule has 8 unspecified atom stereocenters. The van der Waals surface area contributed by atoms with Gasteiger partial charge in [-0.15, -0.1) is 0 Å². The van der Waals surface area contributed by atoms with Crippen molar-refractivity contribution >= 4 is 13.7 Å². The summed E-state index contributed by atoms with van der Waals surface area (Å²) in [6.07, 6.45) is 29.7. The molecule has 0 aromatic heterocycles. The smallest absolute Gasteiger partial charge is 0.393 e. The van der Waals surface area contributed by atoms with Crippen LogP contribution >= 0.6 is 7.82 Å². The lowest BCUT2D eigenvalue weighted by Gasteiger charge is -2.41. The Bertz CT molecular complexity index is 1160. The van der Waals surface area contributed by atoms with Crippen LogP contribution in [0.4, 0.5) is 0 Å². The van der Waals surface area contributed by atoms with Gasteiger partial charge in [0.25, 0.3) is 0 Å². The number of amides is 1. The first-order valence-corrected chi connectivity index (χ1v) is 26.4. The number of allylic oxidation sites excluding steroid dienone is 4. The Kier molecular flexibility index (Phi) is 36.0. The van der Waals surface area contributed by atoms with Gasteiger partial charge in [0, 0.05) is 0 Å². The monoisotopic (exact) mass is 906 g/mol. The maximum Gasteiger partial charge on any atom is 0.472 e. The number of nitrogens with one attached hydrogen (secondary N) is 1. The number of hydrogen-bond donors (Lipinski definition) is 9. The summed E-state index contributed by atoms with van der Waals surface area (Å²) < 4.78 is 22.6. The number of phosphoric acid groups is 1. The third-order valence-corrected chi connectivity index (χ3v) is 13.1. The van der Waals surface area contributed by atoms with E-state index < -0.39 is 75.2 Å². The normalized spacial score (nSPS) is 23.2. The number of phosphoric ester groups is 1. The van der Waals surface area contributed by atoms with Crippen molar-refractivity contribution in [1.82, 2.24) is 5.32 Å². The second kappa shape index (κ2) is 37.9. The fraction of sp³-hybridized carbons (Fsp3) is 0.896. The zero-order valence-electron chi connectivity index (χ0n) is 38.8. The van der Waals surface area contributed by atoms with Crippen molar-refractivity contribution in [3.8, 4) is 0 Å². The molecule has 8 atom stereocenters. The number of aliphatic hydroxyl groups excluding tert-OH is 7. The SMILES string of the molecule is CCCCCCCCCCC/C=C\C/C=C\CCCCCCCCCCCCCCCC(O)CC(=O)NC(COP(=O)(O)OC1C(O)C(O)C(O)C(O)C1O)C(O)CCCCC.